The Hall–Kier alpha value is -8.00. The molecule has 5 aliphatic rings. The van der Waals surface area contributed by atoms with E-state index in [1.165, 1.54) is 123 Å². The van der Waals surface area contributed by atoms with Gasteiger partial charge in [0.2, 0.25) is 0 Å². The lowest BCUT2D eigenvalue weighted by Crippen LogP contribution is -2.26. The van der Waals surface area contributed by atoms with Crippen molar-refractivity contribution in [1.82, 2.24) is 0 Å². The molecule has 0 heterocycles. The van der Waals surface area contributed by atoms with Crippen molar-refractivity contribution in [1.29, 1.82) is 0 Å². The van der Waals surface area contributed by atoms with E-state index in [1.807, 2.05) is 0 Å². The van der Waals surface area contributed by atoms with Gasteiger partial charge in [-0.2, -0.15) is 0 Å². The summed E-state index contributed by atoms with van der Waals surface area (Å²) in [6, 6.07) is 85.6. The first-order valence-electron chi connectivity index (χ1n) is 23.4. The van der Waals surface area contributed by atoms with Crippen LogP contribution in [0.15, 0.2) is 224 Å². The Morgan fingerprint density at radius 3 is 1.05 bits per heavy atom. The zero-order valence-electron chi connectivity index (χ0n) is 36.8. The Bertz CT molecular complexity index is 3660. The van der Waals surface area contributed by atoms with Crippen LogP contribution in [0.5, 0.6) is 0 Å². The first-order chi connectivity index (χ1) is 32.5. The van der Waals surface area contributed by atoms with Gasteiger partial charge in [-0.15, -0.1) is 0 Å². The highest BCUT2D eigenvalue weighted by Gasteiger charge is 2.54. The number of fused-ring (bicyclic) bond motifs is 23. The van der Waals surface area contributed by atoms with Gasteiger partial charge in [-0.3, -0.25) is 0 Å². The van der Waals surface area contributed by atoms with Crippen LogP contribution in [0.3, 0.4) is 0 Å². The highest BCUT2D eigenvalue weighted by atomic mass is 15.1. The molecular weight excluding hydrogens is 795 g/mol. The number of rotatable bonds is 3. The van der Waals surface area contributed by atoms with Gasteiger partial charge in [-0.05, 0) is 124 Å². The molecule has 0 saturated heterocycles. The number of hydrogen-bond donors (Lipinski definition) is 0. The summed E-state index contributed by atoms with van der Waals surface area (Å²) in [5.74, 6) is 0. The highest BCUT2D eigenvalue weighted by Crippen LogP contribution is 2.67. The molecular formula is C65H43N. The largest absolute Gasteiger partial charge is 0.309 e. The molecule has 0 atom stereocenters. The van der Waals surface area contributed by atoms with E-state index in [0.717, 1.165) is 5.69 Å². The minimum absolute atomic E-state index is 0.166. The van der Waals surface area contributed by atoms with Crippen LogP contribution < -0.4 is 4.90 Å². The van der Waals surface area contributed by atoms with E-state index in [-0.39, 0.29) is 5.41 Å². The molecule has 0 bridgehead atoms. The maximum Gasteiger partial charge on any atom is 0.0726 e. The maximum atomic E-state index is 2.64. The van der Waals surface area contributed by atoms with Crippen molar-refractivity contribution in [2.75, 3.05) is 4.90 Å². The van der Waals surface area contributed by atoms with E-state index in [4.69, 9.17) is 0 Å². The molecule has 66 heavy (non-hydrogen) atoms. The molecule has 0 saturated carbocycles. The summed E-state index contributed by atoms with van der Waals surface area (Å²) in [5, 5.41) is 0. The molecule has 0 N–H and O–H groups in total. The average molecular weight is 838 g/mol. The summed E-state index contributed by atoms with van der Waals surface area (Å²) in [6.45, 7) is 4.79. The van der Waals surface area contributed by atoms with Crippen LogP contribution in [0.25, 0.3) is 55.6 Å². The fraction of sp³-hybridized carbons (Fsp3) is 0.0769. The summed E-state index contributed by atoms with van der Waals surface area (Å²) in [6.07, 6.45) is 0. The smallest absolute Gasteiger partial charge is 0.0726 e. The summed E-state index contributed by atoms with van der Waals surface area (Å²) < 4.78 is 0. The van der Waals surface area contributed by atoms with Gasteiger partial charge in [0.05, 0.1) is 22.2 Å². The van der Waals surface area contributed by atoms with Crippen LogP contribution in [0.1, 0.15) is 69.5 Å². The summed E-state index contributed by atoms with van der Waals surface area (Å²) >= 11 is 0. The van der Waals surface area contributed by atoms with E-state index >= 15 is 0 Å². The SMILES string of the molecule is CC1(C)c2ccccc2-c2c(N(c3ccc4c(c3)C3(c5ccccc5-c5ccccc53)c3ccccc3-4)c3cccc4c3-c3ccccc3C43c4ccccc4-c4ccccc43)cccc21. The predicted molar refractivity (Wildman–Crippen MR) is 271 cm³/mol. The molecule has 5 aliphatic carbocycles. The molecule has 0 amide bonds. The Morgan fingerprint density at radius 1 is 0.258 bits per heavy atom. The van der Waals surface area contributed by atoms with Crippen molar-refractivity contribution in [3.8, 4) is 55.6 Å². The second-order valence-corrected chi connectivity index (χ2v) is 19.4. The Balaban J connectivity index is 1.07. The van der Waals surface area contributed by atoms with Crippen molar-refractivity contribution in [2.45, 2.75) is 30.1 Å². The maximum absolute atomic E-state index is 2.64. The molecule has 2 spiro atoms. The van der Waals surface area contributed by atoms with Crippen molar-refractivity contribution in [2.24, 2.45) is 0 Å². The zero-order valence-corrected chi connectivity index (χ0v) is 36.8. The minimum atomic E-state index is -0.472. The molecule has 10 aromatic carbocycles. The predicted octanol–water partition coefficient (Wildman–Crippen LogP) is 16.1. The standard InChI is InChI=1S/C65H43N/c1-63(2)49-26-10-8-24-47(49)61-56(63)33-17-35-59(61)66(40-37-38-46-45-23-7-15-31-54(45)65(58(46)39-40)52-29-13-5-21-43(52)44-22-6-14-30-53(44)65)60-36-18-34-57-62(60)48-25-9-16-32-55(48)64(57)50-27-11-3-19-41(50)42-20-4-12-28-51(42)64/h3-39H,1-2H3. The van der Waals surface area contributed by atoms with Gasteiger partial charge in [0, 0.05) is 22.2 Å². The lowest BCUT2D eigenvalue weighted by Gasteiger charge is -2.34. The molecule has 15 rings (SSSR count). The van der Waals surface area contributed by atoms with Crippen LogP contribution in [0.2, 0.25) is 0 Å². The van der Waals surface area contributed by atoms with Crippen LogP contribution in [-0.2, 0) is 16.2 Å². The van der Waals surface area contributed by atoms with Crippen LogP contribution in [0, 0.1) is 0 Å². The first-order valence-corrected chi connectivity index (χ1v) is 23.4. The lowest BCUT2D eigenvalue weighted by atomic mass is 9.70. The van der Waals surface area contributed by atoms with E-state index in [0.29, 0.717) is 0 Å². The fourth-order valence-corrected chi connectivity index (χ4v) is 13.9. The van der Waals surface area contributed by atoms with Crippen LogP contribution in [-0.4, -0.2) is 0 Å². The van der Waals surface area contributed by atoms with E-state index in [1.54, 1.807) is 0 Å². The Labute approximate surface area is 386 Å². The fourth-order valence-electron chi connectivity index (χ4n) is 13.9. The minimum Gasteiger partial charge on any atom is -0.309 e. The Kier molecular flexibility index (Phi) is 6.95. The van der Waals surface area contributed by atoms with Gasteiger partial charge in [-0.25, -0.2) is 0 Å². The summed E-state index contributed by atoms with van der Waals surface area (Å²) in [5.41, 5.74) is 29.0. The van der Waals surface area contributed by atoms with Crippen LogP contribution >= 0.6 is 0 Å². The molecule has 1 heteroatoms. The van der Waals surface area contributed by atoms with Gasteiger partial charge in [0.15, 0.2) is 0 Å². The topological polar surface area (TPSA) is 3.24 Å². The van der Waals surface area contributed by atoms with Crippen molar-refractivity contribution in [3.05, 3.63) is 280 Å². The van der Waals surface area contributed by atoms with Crippen LogP contribution in [0.4, 0.5) is 17.1 Å². The number of nitrogens with zero attached hydrogens (tertiary/aromatic N) is 1. The lowest BCUT2D eigenvalue weighted by molar-refractivity contribution is 0.660. The second-order valence-electron chi connectivity index (χ2n) is 19.4. The molecule has 1 nitrogen and oxygen atoms in total. The first kappa shape index (κ1) is 36.4. The van der Waals surface area contributed by atoms with Crippen molar-refractivity contribution < 1.29 is 0 Å². The summed E-state index contributed by atoms with van der Waals surface area (Å²) in [4.78, 5) is 2.64. The summed E-state index contributed by atoms with van der Waals surface area (Å²) in [7, 11) is 0. The normalized spacial score (nSPS) is 15.5. The van der Waals surface area contributed by atoms with Gasteiger partial charge in [0.1, 0.15) is 0 Å². The monoisotopic (exact) mass is 837 g/mol. The quantitative estimate of drug-likeness (QED) is 0.171. The molecule has 0 aromatic heterocycles. The van der Waals surface area contributed by atoms with Gasteiger partial charge >= 0.3 is 0 Å². The Morgan fingerprint density at radius 2 is 0.576 bits per heavy atom. The average Bonchev–Trinajstić information content (AvgIpc) is 4.11. The number of benzene rings is 10. The number of hydrogen-bond acceptors (Lipinski definition) is 1. The van der Waals surface area contributed by atoms with E-state index in [2.05, 4.69) is 243 Å². The van der Waals surface area contributed by atoms with Crippen molar-refractivity contribution in [3.63, 3.8) is 0 Å². The molecule has 0 fully saturated rings. The van der Waals surface area contributed by atoms with E-state index in [9.17, 15) is 0 Å². The third-order valence-electron chi connectivity index (χ3n) is 16.3. The molecule has 0 unspecified atom stereocenters. The van der Waals surface area contributed by atoms with Crippen molar-refractivity contribution >= 4 is 17.1 Å². The molecule has 308 valence electrons. The second kappa shape index (κ2) is 12.6. The third-order valence-corrected chi connectivity index (χ3v) is 16.3. The molecule has 10 aromatic rings. The number of anilines is 3. The van der Waals surface area contributed by atoms with E-state index < -0.39 is 10.8 Å². The highest BCUT2D eigenvalue weighted by molar-refractivity contribution is 6.04. The van der Waals surface area contributed by atoms with Gasteiger partial charge in [-0.1, -0.05) is 214 Å². The molecule has 0 aliphatic heterocycles. The molecule has 0 radical (unpaired) electrons. The van der Waals surface area contributed by atoms with Gasteiger partial charge < -0.3 is 4.90 Å². The third kappa shape index (κ3) is 4.15. The van der Waals surface area contributed by atoms with Gasteiger partial charge in [0.25, 0.3) is 0 Å². The zero-order chi connectivity index (χ0) is 43.5.